The van der Waals surface area contributed by atoms with Gasteiger partial charge in [0.2, 0.25) is 0 Å². The Morgan fingerprint density at radius 3 is 2.71 bits per heavy atom. The molecule has 4 nitrogen and oxygen atoms in total. The Labute approximate surface area is 150 Å². The van der Waals surface area contributed by atoms with Gasteiger partial charge in [0.1, 0.15) is 11.7 Å². The number of benzene rings is 1. The van der Waals surface area contributed by atoms with E-state index in [1.807, 2.05) is 0 Å². The van der Waals surface area contributed by atoms with E-state index in [-0.39, 0.29) is 54.1 Å². The molecule has 1 aromatic carbocycles. The molecule has 0 heterocycles. The molecule has 108 valence electrons. The maximum atomic E-state index is 12.0. The Kier molecular flexibility index (Phi) is 6.94. The Bertz CT molecular complexity index is 571. The van der Waals surface area contributed by atoms with Crippen LogP contribution < -0.4 is 0 Å². The van der Waals surface area contributed by atoms with E-state index in [0.29, 0.717) is 10.6 Å². The molecule has 1 aliphatic rings. The molecular weight excluding hydrogens is 303 g/mol. The Morgan fingerprint density at radius 2 is 2.10 bits per heavy atom. The van der Waals surface area contributed by atoms with Crippen molar-refractivity contribution in [2.45, 2.75) is 19.3 Å². The van der Waals surface area contributed by atoms with Gasteiger partial charge in [-0.2, -0.15) is 0 Å². The third-order valence-corrected chi connectivity index (χ3v) is 3.64. The predicted octanol–water partition coefficient (Wildman–Crippen LogP) is 2.37. The second-order valence-electron chi connectivity index (χ2n) is 4.60. The fourth-order valence-electron chi connectivity index (χ4n) is 2.44. The number of carbonyl (C=O) groups excluding carboxylic acids is 2. The Balaban J connectivity index is 0.00000220. The zero-order chi connectivity index (χ0) is 14.7. The van der Waals surface area contributed by atoms with Crippen LogP contribution >= 0.6 is 11.6 Å². The molecule has 2 unspecified atom stereocenters. The number of halogens is 1. The van der Waals surface area contributed by atoms with Crippen LogP contribution in [-0.4, -0.2) is 53.0 Å². The molecular formula is C15H16ClNaO4. The van der Waals surface area contributed by atoms with Gasteiger partial charge in [0.25, 0.3) is 0 Å². The van der Waals surface area contributed by atoms with Gasteiger partial charge in [0.05, 0.1) is 6.61 Å². The van der Waals surface area contributed by atoms with Crippen LogP contribution in [0.25, 0.3) is 0 Å². The zero-order valence-corrected chi connectivity index (χ0v) is 11.8. The fraction of sp³-hybridized carbons (Fsp3) is 0.333. The van der Waals surface area contributed by atoms with E-state index in [4.69, 9.17) is 16.3 Å². The summed E-state index contributed by atoms with van der Waals surface area (Å²) in [5.74, 6) is -2.41. The average Bonchev–Trinajstić information content (AvgIpc) is 2.38. The van der Waals surface area contributed by atoms with Crippen LogP contribution in [0.2, 0.25) is 5.02 Å². The number of rotatable bonds is 3. The van der Waals surface area contributed by atoms with Gasteiger partial charge in [0, 0.05) is 23.4 Å². The van der Waals surface area contributed by atoms with Crippen LogP contribution in [0, 0.1) is 5.92 Å². The monoisotopic (exact) mass is 318 g/mol. The molecule has 0 fully saturated rings. The van der Waals surface area contributed by atoms with Crippen molar-refractivity contribution in [2.24, 2.45) is 5.92 Å². The van der Waals surface area contributed by atoms with Crippen LogP contribution in [0.15, 0.2) is 36.1 Å². The number of carbonyl (C=O) groups is 2. The number of aliphatic hydroxyl groups is 1. The van der Waals surface area contributed by atoms with Gasteiger partial charge >= 0.3 is 35.5 Å². The number of hydrogen-bond donors (Lipinski definition) is 1. The summed E-state index contributed by atoms with van der Waals surface area (Å²) in [6, 6.07) is 7.00. The van der Waals surface area contributed by atoms with Crippen LogP contribution in [0.5, 0.6) is 0 Å². The van der Waals surface area contributed by atoms with Crippen LogP contribution in [-0.2, 0) is 14.3 Å². The summed E-state index contributed by atoms with van der Waals surface area (Å²) in [5.41, 5.74) is 0.667. The fourth-order valence-corrected chi connectivity index (χ4v) is 2.71. The van der Waals surface area contributed by atoms with Crippen molar-refractivity contribution in [2.75, 3.05) is 6.61 Å². The second kappa shape index (κ2) is 7.99. The number of aliphatic hydroxyl groups excluding tert-OH is 1. The van der Waals surface area contributed by atoms with Crippen molar-refractivity contribution < 1.29 is 19.4 Å². The third-order valence-electron chi connectivity index (χ3n) is 3.30. The molecule has 6 heteroatoms. The molecule has 1 aromatic rings. The quantitative estimate of drug-likeness (QED) is 0.686. The van der Waals surface area contributed by atoms with Crippen LogP contribution in [0.4, 0.5) is 0 Å². The second-order valence-corrected chi connectivity index (χ2v) is 5.00. The first-order valence-corrected chi connectivity index (χ1v) is 6.76. The molecule has 1 N–H and O–H groups in total. The predicted molar refractivity (Wildman–Crippen MR) is 81.8 cm³/mol. The molecule has 21 heavy (non-hydrogen) atoms. The molecule has 0 aromatic heterocycles. The van der Waals surface area contributed by atoms with Crippen molar-refractivity contribution >= 4 is 52.9 Å². The SMILES string of the molecule is CCOC(=O)C1C(O)=CC(=O)CC1c1ccccc1Cl.[NaH]. The number of ether oxygens (including phenoxy) is 1. The molecule has 0 radical (unpaired) electrons. The van der Waals surface area contributed by atoms with Crippen molar-refractivity contribution in [3.8, 4) is 0 Å². The molecule has 0 amide bonds. The Morgan fingerprint density at radius 1 is 1.43 bits per heavy atom. The summed E-state index contributed by atoms with van der Waals surface area (Å²) in [6.07, 6.45) is 1.21. The topological polar surface area (TPSA) is 63.6 Å². The average molecular weight is 319 g/mol. The van der Waals surface area contributed by atoms with Crippen molar-refractivity contribution in [3.05, 3.63) is 46.7 Å². The zero-order valence-electron chi connectivity index (χ0n) is 11.0. The van der Waals surface area contributed by atoms with E-state index in [9.17, 15) is 14.7 Å². The van der Waals surface area contributed by atoms with Crippen LogP contribution in [0.3, 0.4) is 0 Å². The van der Waals surface area contributed by atoms with Crippen molar-refractivity contribution in [1.29, 1.82) is 0 Å². The number of allylic oxidation sites excluding steroid dienone is 1. The van der Waals surface area contributed by atoms with Gasteiger partial charge < -0.3 is 9.84 Å². The molecule has 2 atom stereocenters. The molecule has 0 aliphatic heterocycles. The minimum absolute atomic E-state index is 0. The first-order valence-electron chi connectivity index (χ1n) is 6.39. The number of esters is 1. The van der Waals surface area contributed by atoms with Gasteiger partial charge in [0.15, 0.2) is 5.78 Å². The summed E-state index contributed by atoms with van der Waals surface area (Å²) in [6.45, 7) is 1.91. The molecule has 0 bridgehead atoms. The maximum absolute atomic E-state index is 12.0. The number of ketones is 1. The van der Waals surface area contributed by atoms with Crippen molar-refractivity contribution in [1.82, 2.24) is 0 Å². The Hall–Kier alpha value is -0.810. The van der Waals surface area contributed by atoms with E-state index < -0.39 is 17.8 Å². The van der Waals surface area contributed by atoms with E-state index in [1.165, 1.54) is 0 Å². The molecule has 0 saturated carbocycles. The van der Waals surface area contributed by atoms with Gasteiger partial charge in [-0.15, -0.1) is 0 Å². The third kappa shape index (κ3) is 4.10. The summed E-state index contributed by atoms with van der Waals surface area (Å²) in [5, 5.41) is 10.4. The first-order chi connectivity index (χ1) is 9.54. The summed E-state index contributed by atoms with van der Waals surface area (Å²) >= 11 is 6.14. The molecule has 0 spiro atoms. The van der Waals surface area contributed by atoms with Gasteiger partial charge in [-0.3, -0.25) is 9.59 Å². The summed E-state index contributed by atoms with van der Waals surface area (Å²) in [4.78, 5) is 23.7. The normalized spacial score (nSPS) is 21.2. The first kappa shape index (κ1) is 18.2. The van der Waals surface area contributed by atoms with Crippen LogP contribution in [0.1, 0.15) is 24.8 Å². The van der Waals surface area contributed by atoms with Gasteiger partial charge in [-0.1, -0.05) is 29.8 Å². The van der Waals surface area contributed by atoms with Gasteiger partial charge in [-0.25, -0.2) is 0 Å². The standard InChI is InChI=1S/C15H15ClO4.Na.H/c1-2-20-15(19)14-11(7-9(17)8-13(14)18)10-5-3-4-6-12(10)16;;/h3-6,8,11,14,18H,2,7H2,1H3;;. The summed E-state index contributed by atoms with van der Waals surface area (Å²) in [7, 11) is 0. The van der Waals surface area contributed by atoms with Crippen molar-refractivity contribution in [3.63, 3.8) is 0 Å². The van der Waals surface area contributed by atoms with E-state index in [2.05, 4.69) is 0 Å². The molecule has 1 aliphatic carbocycles. The number of hydrogen-bond acceptors (Lipinski definition) is 4. The van der Waals surface area contributed by atoms with E-state index in [1.54, 1.807) is 31.2 Å². The molecule has 2 rings (SSSR count). The van der Waals surface area contributed by atoms with E-state index in [0.717, 1.165) is 6.08 Å². The van der Waals surface area contributed by atoms with Gasteiger partial charge in [-0.05, 0) is 18.6 Å². The summed E-state index contributed by atoms with van der Waals surface area (Å²) < 4.78 is 4.98. The van der Waals surface area contributed by atoms with E-state index >= 15 is 0 Å². The minimum atomic E-state index is -0.882. The molecule has 0 saturated heterocycles.